The molecule has 0 aromatic heterocycles. The van der Waals surface area contributed by atoms with Crippen LogP contribution in [0.15, 0.2) is 4.99 Å². The highest BCUT2D eigenvalue weighted by molar-refractivity contribution is 7.80. The van der Waals surface area contributed by atoms with Gasteiger partial charge in [-0.15, -0.1) is 4.99 Å². The van der Waals surface area contributed by atoms with Crippen LogP contribution in [0, 0.1) is 11.5 Å². The van der Waals surface area contributed by atoms with Gasteiger partial charge in [0, 0.05) is 6.54 Å². The molecule has 3 N–H and O–H groups in total. The van der Waals surface area contributed by atoms with E-state index in [0.717, 1.165) is 25.1 Å². The molecule has 5 heteroatoms. The van der Waals surface area contributed by atoms with Crippen LogP contribution < -0.4 is 11.1 Å². The Balaban J connectivity index is 3.26. The van der Waals surface area contributed by atoms with Gasteiger partial charge in [0.25, 0.3) is 0 Å². The number of nitriles is 1. The Bertz CT molecular complexity index is 160. The number of guanidine groups is 1. The smallest absolute Gasteiger partial charge is 0.209 e. The van der Waals surface area contributed by atoms with Gasteiger partial charge in [0.1, 0.15) is 0 Å². The van der Waals surface area contributed by atoms with E-state index in [4.69, 9.17) is 11.0 Å². The van der Waals surface area contributed by atoms with Gasteiger partial charge in [-0.05, 0) is 18.6 Å². The van der Waals surface area contributed by atoms with Gasteiger partial charge in [0.15, 0.2) is 0 Å². The minimum absolute atomic E-state index is 0.187. The van der Waals surface area contributed by atoms with Crippen molar-refractivity contribution in [1.29, 1.82) is 5.26 Å². The summed E-state index contributed by atoms with van der Waals surface area (Å²) in [6, 6.07) is 0. The topological polar surface area (TPSA) is 74.2 Å². The zero-order chi connectivity index (χ0) is 8.53. The van der Waals surface area contributed by atoms with Crippen LogP contribution in [-0.2, 0) is 0 Å². The lowest BCUT2D eigenvalue weighted by Gasteiger charge is -2.01. The second kappa shape index (κ2) is 7.22. The molecule has 0 radical (unpaired) electrons. The second-order valence-electron chi connectivity index (χ2n) is 1.95. The Morgan fingerprint density at radius 3 is 2.91 bits per heavy atom. The fourth-order valence-electron chi connectivity index (χ4n) is 0.547. The van der Waals surface area contributed by atoms with E-state index in [0.29, 0.717) is 0 Å². The Hall–Kier alpha value is -0.890. The number of nitrogens with zero attached hydrogens (tertiary/aromatic N) is 2. The van der Waals surface area contributed by atoms with Gasteiger partial charge >= 0.3 is 0 Å². The molecular formula is C6H12N4S. The first kappa shape index (κ1) is 10.1. The van der Waals surface area contributed by atoms with Gasteiger partial charge in [0.05, 0.1) is 0 Å². The fraction of sp³-hybridized carbons (Fsp3) is 0.667. The minimum atomic E-state index is 0.187. The Morgan fingerprint density at radius 1 is 1.64 bits per heavy atom. The molecule has 0 saturated carbocycles. The highest BCUT2D eigenvalue weighted by atomic mass is 32.1. The Kier molecular flexibility index (Phi) is 6.64. The standard InChI is InChI=1S/C6H12N4S/c7-5-10-6(8)9-3-1-2-4-11/h11H,1-4H2,(H3,8,9,10). The molecule has 0 aliphatic rings. The van der Waals surface area contributed by atoms with E-state index in [1.807, 2.05) is 0 Å². The molecular weight excluding hydrogens is 160 g/mol. The Labute approximate surface area is 71.9 Å². The molecule has 0 aromatic carbocycles. The summed E-state index contributed by atoms with van der Waals surface area (Å²) in [5.74, 6) is 1.06. The summed E-state index contributed by atoms with van der Waals surface area (Å²) >= 11 is 4.04. The quantitative estimate of drug-likeness (QED) is 0.185. The lowest BCUT2D eigenvalue weighted by molar-refractivity contribution is 0.758. The van der Waals surface area contributed by atoms with Crippen molar-refractivity contribution in [1.82, 2.24) is 5.32 Å². The van der Waals surface area contributed by atoms with Crippen LogP contribution in [0.4, 0.5) is 0 Å². The van der Waals surface area contributed by atoms with Gasteiger partial charge in [-0.3, -0.25) is 0 Å². The molecule has 0 fully saturated rings. The van der Waals surface area contributed by atoms with Crippen LogP contribution in [-0.4, -0.2) is 18.3 Å². The van der Waals surface area contributed by atoms with E-state index in [-0.39, 0.29) is 5.96 Å². The average molecular weight is 172 g/mol. The molecule has 0 bridgehead atoms. The first-order chi connectivity index (χ1) is 5.31. The highest BCUT2D eigenvalue weighted by Crippen LogP contribution is 1.88. The van der Waals surface area contributed by atoms with Crippen LogP contribution in [0.1, 0.15) is 12.8 Å². The van der Waals surface area contributed by atoms with Crippen molar-refractivity contribution in [2.45, 2.75) is 12.8 Å². The number of nitrogens with one attached hydrogen (secondary N) is 1. The molecule has 4 nitrogen and oxygen atoms in total. The van der Waals surface area contributed by atoms with Crippen LogP contribution in [0.25, 0.3) is 0 Å². The van der Waals surface area contributed by atoms with Crippen LogP contribution >= 0.6 is 12.6 Å². The third-order valence-corrected chi connectivity index (χ3v) is 1.38. The van der Waals surface area contributed by atoms with Crippen molar-refractivity contribution < 1.29 is 0 Å². The monoisotopic (exact) mass is 172 g/mol. The maximum atomic E-state index is 8.07. The maximum absolute atomic E-state index is 8.07. The first-order valence-electron chi connectivity index (χ1n) is 3.38. The van der Waals surface area contributed by atoms with Gasteiger partial charge in [0.2, 0.25) is 12.2 Å². The van der Waals surface area contributed by atoms with Crippen LogP contribution in [0.2, 0.25) is 0 Å². The summed E-state index contributed by atoms with van der Waals surface area (Å²) in [7, 11) is 0. The van der Waals surface area contributed by atoms with Crippen molar-refractivity contribution >= 4 is 18.6 Å². The number of aliphatic imine (C=N–C) groups is 1. The lowest BCUT2D eigenvalue weighted by Crippen LogP contribution is -2.31. The number of nitrogens with two attached hydrogens (primary N) is 1. The third-order valence-electron chi connectivity index (χ3n) is 1.06. The SMILES string of the molecule is N#C/N=C(\N)NCCCCS. The normalized spacial score (nSPS) is 10.7. The maximum Gasteiger partial charge on any atom is 0.209 e. The van der Waals surface area contributed by atoms with Gasteiger partial charge in [-0.25, -0.2) is 0 Å². The zero-order valence-corrected chi connectivity index (χ0v) is 7.14. The van der Waals surface area contributed by atoms with E-state index < -0.39 is 0 Å². The molecule has 0 unspecified atom stereocenters. The van der Waals surface area contributed by atoms with Gasteiger partial charge in [-0.2, -0.15) is 17.9 Å². The molecule has 0 aromatic rings. The van der Waals surface area contributed by atoms with Crippen molar-refractivity contribution in [2.24, 2.45) is 10.7 Å². The molecule has 0 saturated heterocycles. The molecule has 11 heavy (non-hydrogen) atoms. The van der Waals surface area contributed by atoms with E-state index in [9.17, 15) is 0 Å². The molecule has 62 valence electrons. The minimum Gasteiger partial charge on any atom is -0.369 e. The van der Waals surface area contributed by atoms with E-state index in [2.05, 4.69) is 22.9 Å². The molecule has 0 spiro atoms. The van der Waals surface area contributed by atoms with Crippen molar-refractivity contribution in [3.05, 3.63) is 0 Å². The summed E-state index contributed by atoms with van der Waals surface area (Å²) in [5.41, 5.74) is 5.26. The fourth-order valence-corrected chi connectivity index (χ4v) is 0.770. The molecule has 0 amide bonds. The number of rotatable bonds is 4. The summed E-state index contributed by atoms with van der Waals surface area (Å²) in [6.45, 7) is 0.748. The summed E-state index contributed by atoms with van der Waals surface area (Å²) in [5, 5.41) is 10.9. The lowest BCUT2D eigenvalue weighted by atomic mass is 10.3. The Morgan fingerprint density at radius 2 is 2.36 bits per heavy atom. The number of hydrogen-bond donors (Lipinski definition) is 3. The van der Waals surface area contributed by atoms with E-state index in [1.54, 1.807) is 6.19 Å². The van der Waals surface area contributed by atoms with Crippen LogP contribution in [0.5, 0.6) is 0 Å². The van der Waals surface area contributed by atoms with Crippen molar-refractivity contribution in [3.63, 3.8) is 0 Å². The molecule has 0 rings (SSSR count). The predicted octanol–water partition coefficient (Wildman–Crippen LogP) is 0.0818. The molecule has 0 heterocycles. The van der Waals surface area contributed by atoms with Crippen molar-refractivity contribution in [3.8, 4) is 6.19 Å². The summed E-state index contributed by atoms with van der Waals surface area (Å²) < 4.78 is 0. The van der Waals surface area contributed by atoms with Crippen molar-refractivity contribution in [2.75, 3.05) is 12.3 Å². The second-order valence-corrected chi connectivity index (χ2v) is 2.40. The number of hydrogen-bond acceptors (Lipinski definition) is 3. The van der Waals surface area contributed by atoms with E-state index >= 15 is 0 Å². The van der Waals surface area contributed by atoms with E-state index in [1.165, 1.54) is 0 Å². The third kappa shape index (κ3) is 7.00. The molecule has 0 aliphatic carbocycles. The first-order valence-corrected chi connectivity index (χ1v) is 4.01. The zero-order valence-electron chi connectivity index (χ0n) is 6.25. The number of thiol groups is 1. The van der Waals surface area contributed by atoms with Gasteiger partial charge in [-0.1, -0.05) is 0 Å². The van der Waals surface area contributed by atoms with Crippen LogP contribution in [0.3, 0.4) is 0 Å². The molecule has 0 atom stereocenters. The predicted molar refractivity (Wildman–Crippen MR) is 48.3 cm³/mol. The summed E-state index contributed by atoms with van der Waals surface area (Å²) in [6.07, 6.45) is 3.62. The highest BCUT2D eigenvalue weighted by Gasteiger charge is 1.88. The largest absolute Gasteiger partial charge is 0.369 e. The average Bonchev–Trinajstić information content (AvgIpc) is 1.99. The molecule has 0 aliphatic heterocycles. The van der Waals surface area contributed by atoms with Gasteiger partial charge < -0.3 is 11.1 Å². The number of unbranched alkanes of at least 4 members (excludes halogenated alkanes) is 1. The summed E-state index contributed by atoms with van der Waals surface area (Å²) in [4.78, 5) is 3.29.